The van der Waals surface area contributed by atoms with Crippen LogP contribution >= 0.6 is 0 Å². The molecule has 2 N–H and O–H groups in total. The van der Waals surface area contributed by atoms with Crippen molar-refractivity contribution < 1.29 is 14.0 Å². The van der Waals surface area contributed by atoms with E-state index in [2.05, 4.69) is 10.6 Å². The van der Waals surface area contributed by atoms with Crippen molar-refractivity contribution in [1.82, 2.24) is 5.32 Å². The van der Waals surface area contributed by atoms with Crippen LogP contribution < -0.4 is 15.5 Å². The van der Waals surface area contributed by atoms with E-state index in [1.54, 1.807) is 12.1 Å². The lowest BCUT2D eigenvalue weighted by Gasteiger charge is -2.16. The van der Waals surface area contributed by atoms with Crippen LogP contribution in [0.1, 0.15) is 24.8 Å². The summed E-state index contributed by atoms with van der Waals surface area (Å²) in [5, 5.41) is 5.76. The van der Waals surface area contributed by atoms with Crippen molar-refractivity contribution in [3.63, 3.8) is 0 Å². The van der Waals surface area contributed by atoms with Gasteiger partial charge in [0.25, 0.3) is 0 Å². The number of carbonyl (C=O) groups is 2. The molecule has 2 aromatic carbocycles. The number of rotatable bonds is 7. The SMILES string of the molecule is O=C(CCNCc1ccc(N2CCCC2=O)cc1)Nc1ccccc1F. The molecular formula is C20H22FN3O2. The third-order valence-corrected chi connectivity index (χ3v) is 4.33. The van der Waals surface area contributed by atoms with Crippen LogP contribution in [0.25, 0.3) is 0 Å². The molecule has 1 heterocycles. The van der Waals surface area contributed by atoms with Gasteiger partial charge in [0.05, 0.1) is 5.69 Å². The van der Waals surface area contributed by atoms with Crippen molar-refractivity contribution in [2.45, 2.75) is 25.8 Å². The molecule has 6 heteroatoms. The Morgan fingerprint density at radius 2 is 1.88 bits per heavy atom. The third-order valence-electron chi connectivity index (χ3n) is 4.33. The molecule has 0 aromatic heterocycles. The monoisotopic (exact) mass is 355 g/mol. The van der Waals surface area contributed by atoms with E-state index in [9.17, 15) is 14.0 Å². The Morgan fingerprint density at radius 1 is 1.12 bits per heavy atom. The van der Waals surface area contributed by atoms with E-state index < -0.39 is 5.82 Å². The van der Waals surface area contributed by atoms with E-state index in [4.69, 9.17) is 0 Å². The minimum Gasteiger partial charge on any atom is -0.324 e. The number of amides is 2. The summed E-state index contributed by atoms with van der Waals surface area (Å²) >= 11 is 0. The van der Waals surface area contributed by atoms with Crippen LogP contribution in [-0.4, -0.2) is 24.9 Å². The van der Waals surface area contributed by atoms with E-state index in [1.165, 1.54) is 12.1 Å². The maximum atomic E-state index is 13.5. The van der Waals surface area contributed by atoms with Crippen LogP contribution in [-0.2, 0) is 16.1 Å². The normalized spacial score (nSPS) is 13.9. The van der Waals surface area contributed by atoms with Crippen molar-refractivity contribution in [3.8, 4) is 0 Å². The summed E-state index contributed by atoms with van der Waals surface area (Å²) in [5.41, 5.74) is 2.21. The molecule has 26 heavy (non-hydrogen) atoms. The minimum absolute atomic E-state index is 0.178. The number of nitrogens with one attached hydrogen (secondary N) is 2. The molecule has 1 aliphatic heterocycles. The second-order valence-electron chi connectivity index (χ2n) is 6.27. The number of hydrogen-bond donors (Lipinski definition) is 2. The van der Waals surface area contributed by atoms with Gasteiger partial charge in [-0.15, -0.1) is 0 Å². The van der Waals surface area contributed by atoms with Gasteiger partial charge >= 0.3 is 0 Å². The fourth-order valence-corrected chi connectivity index (χ4v) is 2.92. The molecule has 0 radical (unpaired) electrons. The van der Waals surface area contributed by atoms with E-state index in [0.717, 1.165) is 24.2 Å². The highest BCUT2D eigenvalue weighted by atomic mass is 19.1. The number of carbonyl (C=O) groups excluding carboxylic acids is 2. The molecular weight excluding hydrogens is 333 g/mol. The summed E-state index contributed by atoms with van der Waals surface area (Å²) in [5.74, 6) is -0.493. The Kier molecular flexibility index (Phi) is 5.96. The summed E-state index contributed by atoms with van der Waals surface area (Å²) < 4.78 is 13.5. The maximum Gasteiger partial charge on any atom is 0.227 e. The Bertz CT molecular complexity index is 777. The number of para-hydroxylation sites is 1. The zero-order valence-corrected chi connectivity index (χ0v) is 14.5. The number of hydrogen-bond acceptors (Lipinski definition) is 3. The molecule has 136 valence electrons. The van der Waals surface area contributed by atoms with Crippen LogP contribution in [0, 0.1) is 5.82 Å². The lowest BCUT2D eigenvalue weighted by molar-refractivity contribution is -0.117. The summed E-state index contributed by atoms with van der Waals surface area (Å²) in [6.45, 7) is 1.90. The van der Waals surface area contributed by atoms with Crippen LogP contribution in [0.5, 0.6) is 0 Å². The quantitative estimate of drug-likeness (QED) is 0.751. The van der Waals surface area contributed by atoms with Gasteiger partial charge in [-0.25, -0.2) is 4.39 Å². The van der Waals surface area contributed by atoms with Crippen molar-refractivity contribution in [1.29, 1.82) is 0 Å². The maximum absolute atomic E-state index is 13.5. The Hall–Kier alpha value is -2.73. The molecule has 0 saturated carbocycles. The van der Waals surface area contributed by atoms with Crippen molar-refractivity contribution in [2.24, 2.45) is 0 Å². The molecule has 5 nitrogen and oxygen atoms in total. The van der Waals surface area contributed by atoms with Gasteiger partial charge in [0.15, 0.2) is 0 Å². The summed E-state index contributed by atoms with van der Waals surface area (Å²) in [6.07, 6.45) is 1.80. The lowest BCUT2D eigenvalue weighted by Crippen LogP contribution is -2.24. The van der Waals surface area contributed by atoms with E-state index >= 15 is 0 Å². The molecule has 0 atom stereocenters. The van der Waals surface area contributed by atoms with Crippen molar-refractivity contribution in [2.75, 3.05) is 23.3 Å². The molecule has 0 bridgehead atoms. The highest BCUT2D eigenvalue weighted by molar-refractivity contribution is 5.95. The first-order valence-electron chi connectivity index (χ1n) is 8.78. The van der Waals surface area contributed by atoms with Gasteiger partial charge in [-0.3, -0.25) is 9.59 Å². The topological polar surface area (TPSA) is 61.4 Å². The molecule has 0 aliphatic carbocycles. The molecule has 2 amide bonds. The van der Waals surface area contributed by atoms with Gasteiger partial charge in [0.2, 0.25) is 11.8 Å². The first kappa shape index (κ1) is 18.1. The number of nitrogens with zero attached hydrogens (tertiary/aromatic N) is 1. The van der Waals surface area contributed by atoms with E-state index in [-0.39, 0.29) is 23.9 Å². The fourth-order valence-electron chi connectivity index (χ4n) is 2.92. The van der Waals surface area contributed by atoms with Gasteiger partial charge in [-0.2, -0.15) is 0 Å². The average Bonchev–Trinajstić information content (AvgIpc) is 3.07. The van der Waals surface area contributed by atoms with Crippen LogP contribution in [0.2, 0.25) is 0 Å². The summed E-state index contributed by atoms with van der Waals surface area (Å²) in [7, 11) is 0. The first-order chi connectivity index (χ1) is 12.6. The molecule has 1 aliphatic rings. The van der Waals surface area contributed by atoms with Crippen LogP contribution in [0.4, 0.5) is 15.8 Å². The summed E-state index contributed by atoms with van der Waals surface area (Å²) in [6, 6.07) is 14.0. The Labute approximate surface area is 152 Å². The predicted octanol–water partition coefficient (Wildman–Crippen LogP) is 3.07. The standard InChI is InChI=1S/C20H22FN3O2/c21-17-4-1-2-5-18(17)23-19(25)11-12-22-14-15-7-9-16(10-8-15)24-13-3-6-20(24)26/h1-2,4-5,7-10,22H,3,6,11-14H2,(H,23,25). The Morgan fingerprint density at radius 3 is 2.58 bits per heavy atom. The highest BCUT2D eigenvalue weighted by Crippen LogP contribution is 2.21. The number of benzene rings is 2. The number of halogens is 1. The molecule has 3 rings (SSSR count). The predicted molar refractivity (Wildman–Crippen MR) is 99.4 cm³/mol. The average molecular weight is 355 g/mol. The minimum atomic E-state index is -0.439. The van der Waals surface area contributed by atoms with E-state index in [1.807, 2.05) is 29.2 Å². The fraction of sp³-hybridized carbons (Fsp3) is 0.300. The van der Waals surface area contributed by atoms with Crippen molar-refractivity contribution >= 4 is 23.2 Å². The van der Waals surface area contributed by atoms with Gasteiger partial charge in [-0.1, -0.05) is 24.3 Å². The second-order valence-corrected chi connectivity index (χ2v) is 6.27. The Balaban J connectivity index is 1.40. The molecule has 1 saturated heterocycles. The highest BCUT2D eigenvalue weighted by Gasteiger charge is 2.21. The molecule has 0 spiro atoms. The first-order valence-corrected chi connectivity index (χ1v) is 8.78. The summed E-state index contributed by atoms with van der Waals surface area (Å²) in [4.78, 5) is 25.4. The van der Waals surface area contributed by atoms with Crippen LogP contribution in [0.3, 0.4) is 0 Å². The van der Waals surface area contributed by atoms with Crippen molar-refractivity contribution in [3.05, 3.63) is 59.9 Å². The lowest BCUT2D eigenvalue weighted by atomic mass is 10.2. The molecule has 0 unspecified atom stereocenters. The van der Waals surface area contributed by atoms with Gasteiger partial charge < -0.3 is 15.5 Å². The second kappa shape index (κ2) is 8.58. The zero-order chi connectivity index (χ0) is 18.4. The van der Waals surface area contributed by atoms with E-state index in [0.29, 0.717) is 19.5 Å². The smallest absolute Gasteiger partial charge is 0.227 e. The zero-order valence-electron chi connectivity index (χ0n) is 14.5. The van der Waals surface area contributed by atoms with Crippen LogP contribution in [0.15, 0.2) is 48.5 Å². The molecule has 2 aromatic rings. The third kappa shape index (κ3) is 4.67. The van der Waals surface area contributed by atoms with Gasteiger partial charge in [-0.05, 0) is 36.2 Å². The van der Waals surface area contributed by atoms with Gasteiger partial charge in [0.1, 0.15) is 5.82 Å². The number of anilines is 2. The molecule has 1 fully saturated rings. The van der Waals surface area contributed by atoms with Gasteiger partial charge in [0, 0.05) is 38.2 Å². The largest absolute Gasteiger partial charge is 0.324 e.